The van der Waals surface area contributed by atoms with Crippen LogP contribution in [-0.2, 0) is 6.42 Å². The van der Waals surface area contributed by atoms with E-state index in [4.69, 9.17) is 11.6 Å². The van der Waals surface area contributed by atoms with Gasteiger partial charge in [0, 0.05) is 36.8 Å². The molecule has 0 aromatic carbocycles. The molecule has 1 aliphatic carbocycles. The van der Waals surface area contributed by atoms with E-state index in [1.165, 1.54) is 6.20 Å². The smallest absolute Gasteiger partial charge is 0.329 e. The standard InChI is InChI=1S/C16H22ClN7O2/c17-12-3-1-11(2-4-12)7-20-15-14(24(25)26)9-21-16(23-15)19-6-5-13-8-18-10-22-13/h8-12H,1-7H2,(H,18,22)(H2,19,20,21,23). The number of nitro groups is 1. The first-order valence-electron chi connectivity index (χ1n) is 8.72. The van der Waals surface area contributed by atoms with Crippen molar-refractivity contribution in [3.63, 3.8) is 0 Å². The van der Waals surface area contributed by atoms with Crippen LogP contribution in [0, 0.1) is 16.0 Å². The highest BCUT2D eigenvalue weighted by molar-refractivity contribution is 6.20. The lowest BCUT2D eigenvalue weighted by atomic mass is 9.89. The summed E-state index contributed by atoms with van der Waals surface area (Å²) in [6.45, 7) is 1.24. The zero-order valence-electron chi connectivity index (χ0n) is 14.3. The Kier molecular flexibility index (Phi) is 6.21. The maximum absolute atomic E-state index is 11.2. The summed E-state index contributed by atoms with van der Waals surface area (Å²) in [7, 11) is 0. The number of anilines is 2. The van der Waals surface area contributed by atoms with E-state index in [2.05, 4.69) is 30.6 Å². The summed E-state index contributed by atoms with van der Waals surface area (Å²) >= 11 is 6.13. The van der Waals surface area contributed by atoms with Gasteiger partial charge < -0.3 is 15.6 Å². The highest BCUT2D eigenvalue weighted by Gasteiger charge is 2.22. The Labute approximate surface area is 156 Å². The second-order valence-corrected chi connectivity index (χ2v) is 7.05. The molecule has 3 N–H and O–H groups in total. The van der Waals surface area contributed by atoms with Gasteiger partial charge in [-0.3, -0.25) is 10.1 Å². The minimum Gasteiger partial charge on any atom is -0.364 e. The number of hydrogen-bond donors (Lipinski definition) is 3. The number of alkyl halides is 1. The van der Waals surface area contributed by atoms with E-state index in [1.54, 1.807) is 12.5 Å². The van der Waals surface area contributed by atoms with Crippen molar-refractivity contribution in [2.45, 2.75) is 37.5 Å². The van der Waals surface area contributed by atoms with Crippen molar-refractivity contribution in [2.75, 3.05) is 23.7 Å². The molecule has 0 spiro atoms. The summed E-state index contributed by atoms with van der Waals surface area (Å²) in [6.07, 6.45) is 9.36. The topological polar surface area (TPSA) is 122 Å². The Bertz CT molecular complexity index is 717. The fourth-order valence-corrected chi connectivity index (χ4v) is 3.27. The highest BCUT2D eigenvalue weighted by Crippen LogP contribution is 2.29. The Morgan fingerprint density at radius 2 is 2.08 bits per heavy atom. The van der Waals surface area contributed by atoms with Gasteiger partial charge in [-0.15, -0.1) is 11.6 Å². The first-order chi connectivity index (χ1) is 12.6. The molecule has 2 aromatic heterocycles. The lowest BCUT2D eigenvalue weighted by Gasteiger charge is -2.25. The summed E-state index contributed by atoms with van der Waals surface area (Å²) in [6, 6.07) is 0. The second kappa shape index (κ2) is 8.79. The summed E-state index contributed by atoms with van der Waals surface area (Å²) in [5.41, 5.74) is 0.878. The summed E-state index contributed by atoms with van der Waals surface area (Å²) < 4.78 is 0. The lowest BCUT2D eigenvalue weighted by molar-refractivity contribution is -0.384. The third kappa shape index (κ3) is 5.04. The van der Waals surface area contributed by atoms with Crippen LogP contribution < -0.4 is 10.6 Å². The fourth-order valence-electron chi connectivity index (χ4n) is 3.02. The molecule has 26 heavy (non-hydrogen) atoms. The van der Waals surface area contributed by atoms with E-state index in [0.717, 1.165) is 37.8 Å². The van der Waals surface area contributed by atoms with E-state index in [-0.39, 0.29) is 16.9 Å². The minimum absolute atomic E-state index is 0.116. The van der Waals surface area contributed by atoms with Gasteiger partial charge in [0.15, 0.2) is 0 Å². The zero-order valence-corrected chi connectivity index (χ0v) is 15.1. The van der Waals surface area contributed by atoms with Gasteiger partial charge in [0.05, 0.1) is 11.3 Å². The molecule has 0 amide bonds. The van der Waals surface area contributed by atoms with Crippen LogP contribution in [0.3, 0.4) is 0 Å². The first kappa shape index (κ1) is 18.4. The third-order valence-electron chi connectivity index (χ3n) is 4.53. The number of aromatic amines is 1. The lowest BCUT2D eigenvalue weighted by Crippen LogP contribution is -2.22. The van der Waals surface area contributed by atoms with E-state index in [0.29, 0.717) is 25.0 Å². The van der Waals surface area contributed by atoms with Crippen molar-refractivity contribution in [3.05, 3.63) is 34.5 Å². The van der Waals surface area contributed by atoms with E-state index >= 15 is 0 Å². The number of halogens is 1. The Hall–Kier alpha value is -2.42. The molecule has 0 radical (unpaired) electrons. The maximum atomic E-state index is 11.2. The van der Waals surface area contributed by atoms with E-state index in [1.807, 2.05) is 0 Å². The number of H-pyrrole nitrogens is 1. The van der Waals surface area contributed by atoms with Crippen LogP contribution >= 0.6 is 11.6 Å². The van der Waals surface area contributed by atoms with Crippen molar-refractivity contribution >= 4 is 29.1 Å². The van der Waals surface area contributed by atoms with Crippen LogP contribution in [0.2, 0.25) is 0 Å². The Balaban J connectivity index is 1.59. The maximum Gasteiger partial charge on any atom is 0.329 e. The molecule has 0 aliphatic heterocycles. The Morgan fingerprint density at radius 1 is 1.27 bits per heavy atom. The van der Waals surface area contributed by atoms with Crippen molar-refractivity contribution in [2.24, 2.45) is 5.92 Å². The molecule has 0 bridgehead atoms. The molecule has 10 heteroatoms. The monoisotopic (exact) mass is 379 g/mol. The molecule has 0 saturated heterocycles. The molecule has 0 atom stereocenters. The number of rotatable bonds is 8. The second-order valence-electron chi connectivity index (χ2n) is 6.44. The van der Waals surface area contributed by atoms with Crippen LogP contribution in [0.4, 0.5) is 17.5 Å². The van der Waals surface area contributed by atoms with Gasteiger partial charge in [-0.1, -0.05) is 0 Å². The number of aromatic nitrogens is 4. The number of imidazole rings is 1. The average Bonchev–Trinajstić information content (AvgIpc) is 3.14. The van der Waals surface area contributed by atoms with Gasteiger partial charge >= 0.3 is 5.69 Å². The van der Waals surface area contributed by atoms with Crippen LogP contribution in [0.1, 0.15) is 31.4 Å². The number of nitrogens with one attached hydrogen (secondary N) is 3. The number of nitrogens with zero attached hydrogens (tertiary/aromatic N) is 4. The summed E-state index contributed by atoms with van der Waals surface area (Å²) in [5.74, 6) is 1.07. The molecule has 140 valence electrons. The largest absolute Gasteiger partial charge is 0.364 e. The first-order valence-corrected chi connectivity index (χ1v) is 9.16. The predicted molar refractivity (Wildman–Crippen MR) is 99.6 cm³/mol. The van der Waals surface area contributed by atoms with E-state index < -0.39 is 4.92 Å². The van der Waals surface area contributed by atoms with Crippen molar-refractivity contribution in [1.82, 2.24) is 19.9 Å². The van der Waals surface area contributed by atoms with Crippen LogP contribution in [0.15, 0.2) is 18.7 Å². The number of hydrogen-bond acceptors (Lipinski definition) is 7. The van der Waals surface area contributed by atoms with Gasteiger partial charge in [-0.2, -0.15) is 4.98 Å². The summed E-state index contributed by atoms with van der Waals surface area (Å²) in [4.78, 5) is 26.1. The molecular weight excluding hydrogens is 358 g/mol. The molecule has 1 saturated carbocycles. The van der Waals surface area contributed by atoms with Crippen molar-refractivity contribution in [1.29, 1.82) is 0 Å². The third-order valence-corrected chi connectivity index (χ3v) is 4.97. The van der Waals surface area contributed by atoms with Gasteiger partial charge in [-0.05, 0) is 31.6 Å². The molecule has 0 unspecified atom stereocenters. The predicted octanol–water partition coefficient (Wildman–Crippen LogP) is 2.97. The molecule has 2 aromatic rings. The minimum atomic E-state index is -0.466. The molecule has 3 rings (SSSR count). The Morgan fingerprint density at radius 3 is 2.77 bits per heavy atom. The van der Waals surface area contributed by atoms with Crippen molar-refractivity contribution < 1.29 is 4.92 Å². The molecule has 9 nitrogen and oxygen atoms in total. The fraction of sp³-hybridized carbons (Fsp3) is 0.562. The van der Waals surface area contributed by atoms with Gasteiger partial charge in [0.25, 0.3) is 0 Å². The van der Waals surface area contributed by atoms with Gasteiger partial charge in [0.2, 0.25) is 11.8 Å². The molecule has 2 heterocycles. The van der Waals surface area contributed by atoms with E-state index in [9.17, 15) is 10.1 Å². The normalized spacial score (nSPS) is 19.9. The molecule has 1 aliphatic rings. The van der Waals surface area contributed by atoms with Gasteiger partial charge in [0.1, 0.15) is 6.20 Å². The van der Waals surface area contributed by atoms with Crippen LogP contribution in [0.5, 0.6) is 0 Å². The van der Waals surface area contributed by atoms with Gasteiger partial charge in [-0.25, -0.2) is 9.97 Å². The van der Waals surface area contributed by atoms with Crippen LogP contribution in [-0.4, -0.2) is 43.3 Å². The highest BCUT2D eigenvalue weighted by atomic mass is 35.5. The quantitative estimate of drug-likeness (QED) is 0.366. The molecule has 1 fully saturated rings. The average molecular weight is 380 g/mol. The van der Waals surface area contributed by atoms with Crippen molar-refractivity contribution in [3.8, 4) is 0 Å². The molecular formula is C16H22ClN7O2. The summed E-state index contributed by atoms with van der Waals surface area (Å²) in [5, 5.41) is 17.7. The van der Waals surface area contributed by atoms with Crippen LogP contribution in [0.25, 0.3) is 0 Å². The zero-order chi connectivity index (χ0) is 18.4. The SMILES string of the molecule is O=[N+]([O-])c1cnc(NCCc2cnc[nH]2)nc1NCC1CCC(Cl)CC1.